The van der Waals surface area contributed by atoms with Gasteiger partial charge < -0.3 is 10.4 Å². The second-order valence-electron chi connectivity index (χ2n) is 6.32. The zero-order valence-electron chi connectivity index (χ0n) is 11.9. The summed E-state index contributed by atoms with van der Waals surface area (Å²) in [5, 5.41) is 13.4. The molecule has 1 saturated heterocycles. The van der Waals surface area contributed by atoms with Gasteiger partial charge in [0.2, 0.25) is 0 Å². The van der Waals surface area contributed by atoms with E-state index in [2.05, 4.69) is 24.1 Å². The molecule has 1 aliphatic heterocycles. The molecule has 1 unspecified atom stereocenters. The van der Waals surface area contributed by atoms with Crippen molar-refractivity contribution in [1.29, 1.82) is 0 Å². The molecule has 1 heterocycles. The molecule has 0 aromatic carbocycles. The van der Waals surface area contributed by atoms with Crippen LogP contribution in [0.4, 0.5) is 0 Å². The Morgan fingerprint density at radius 1 is 1.32 bits per heavy atom. The summed E-state index contributed by atoms with van der Waals surface area (Å²) < 4.78 is 22.9. The first-order valence-corrected chi connectivity index (χ1v) is 9.00. The monoisotopic (exact) mass is 290 g/mol. The number of rotatable bonds is 6. The van der Waals surface area contributed by atoms with Gasteiger partial charge in [-0.1, -0.05) is 13.8 Å². The van der Waals surface area contributed by atoms with Gasteiger partial charge in [-0.25, -0.2) is 8.42 Å². The summed E-state index contributed by atoms with van der Waals surface area (Å²) in [6.07, 6.45) is 2.32. The van der Waals surface area contributed by atoms with E-state index >= 15 is 0 Å². The van der Waals surface area contributed by atoms with Crippen LogP contribution in [0.3, 0.4) is 0 Å². The predicted octanol–water partition coefficient (Wildman–Crippen LogP) is -0.144. The van der Waals surface area contributed by atoms with E-state index < -0.39 is 9.84 Å². The van der Waals surface area contributed by atoms with Gasteiger partial charge in [-0.05, 0) is 18.8 Å². The Hall–Kier alpha value is -0.170. The molecule has 0 aromatic rings. The lowest BCUT2D eigenvalue weighted by Crippen LogP contribution is -2.61. The molecule has 0 bridgehead atoms. The topological polar surface area (TPSA) is 69.6 Å². The largest absolute Gasteiger partial charge is 0.394 e. The maximum Gasteiger partial charge on any atom is 0.152 e. The summed E-state index contributed by atoms with van der Waals surface area (Å²) in [4.78, 5) is 2.19. The number of nitrogens with one attached hydrogen (secondary N) is 1. The molecule has 2 N–H and O–H groups in total. The number of hydrogen-bond donors (Lipinski definition) is 2. The van der Waals surface area contributed by atoms with Crippen LogP contribution in [-0.2, 0) is 9.84 Å². The van der Waals surface area contributed by atoms with E-state index in [4.69, 9.17) is 0 Å². The standard InChI is InChI=1S/C13H26N2O3S/c1-11(2)14-13(10-16,12-3-4-12)9-15-5-7-19(17,18)8-6-15/h11-12,14,16H,3-10H2,1-2H3. The molecule has 1 aliphatic carbocycles. The second-order valence-corrected chi connectivity index (χ2v) is 8.62. The summed E-state index contributed by atoms with van der Waals surface area (Å²) in [6.45, 7) is 6.25. The maximum atomic E-state index is 11.5. The van der Waals surface area contributed by atoms with Crippen molar-refractivity contribution in [2.24, 2.45) is 5.92 Å². The minimum atomic E-state index is -2.83. The zero-order valence-corrected chi connectivity index (χ0v) is 12.7. The van der Waals surface area contributed by atoms with Gasteiger partial charge >= 0.3 is 0 Å². The van der Waals surface area contributed by atoms with E-state index in [-0.39, 0.29) is 23.7 Å². The van der Waals surface area contributed by atoms with E-state index in [0.717, 1.165) is 19.4 Å². The van der Waals surface area contributed by atoms with E-state index in [1.54, 1.807) is 0 Å². The lowest BCUT2D eigenvalue weighted by Gasteiger charge is -2.41. The molecule has 5 nitrogen and oxygen atoms in total. The van der Waals surface area contributed by atoms with E-state index in [9.17, 15) is 13.5 Å². The van der Waals surface area contributed by atoms with Crippen molar-refractivity contribution in [2.45, 2.75) is 38.3 Å². The molecule has 0 amide bonds. The molecule has 1 saturated carbocycles. The third-order valence-electron chi connectivity index (χ3n) is 4.16. The molecule has 0 radical (unpaired) electrons. The fourth-order valence-corrected chi connectivity index (χ4v) is 4.31. The van der Waals surface area contributed by atoms with Gasteiger partial charge in [0.15, 0.2) is 9.84 Å². The van der Waals surface area contributed by atoms with Crippen molar-refractivity contribution in [1.82, 2.24) is 10.2 Å². The smallest absolute Gasteiger partial charge is 0.152 e. The first-order chi connectivity index (χ1) is 8.87. The Morgan fingerprint density at radius 2 is 1.89 bits per heavy atom. The number of aliphatic hydroxyl groups excluding tert-OH is 1. The molecule has 0 aromatic heterocycles. The summed E-state index contributed by atoms with van der Waals surface area (Å²) in [6, 6.07) is 0.321. The van der Waals surface area contributed by atoms with Crippen LogP contribution < -0.4 is 5.32 Å². The number of sulfone groups is 1. The van der Waals surface area contributed by atoms with Gasteiger partial charge in [0.25, 0.3) is 0 Å². The predicted molar refractivity (Wildman–Crippen MR) is 75.9 cm³/mol. The second kappa shape index (κ2) is 5.68. The highest BCUT2D eigenvalue weighted by Crippen LogP contribution is 2.40. The normalized spacial score (nSPS) is 27.4. The van der Waals surface area contributed by atoms with Crippen LogP contribution in [0.15, 0.2) is 0 Å². The molecule has 2 aliphatic rings. The van der Waals surface area contributed by atoms with E-state index in [1.165, 1.54) is 0 Å². The average molecular weight is 290 g/mol. The first-order valence-electron chi connectivity index (χ1n) is 7.18. The van der Waals surface area contributed by atoms with Crippen molar-refractivity contribution in [2.75, 3.05) is 37.7 Å². The average Bonchev–Trinajstić information content (AvgIpc) is 3.14. The van der Waals surface area contributed by atoms with Gasteiger partial charge in [-0.2, -0.15) is 0 Å². The van der Waals surface area contributed by atoms with Gasteiger partial charge in [-0.3, -0.25) is 4.90 Å². The Kier molecular flexibility index (Phi) is 4.55. The molecular weight excluding hydrogens is 264 g/mol. The molecule has 1 atom stereocenters. The van der Waals surface area contributed by atoms with E-state index in [0.29, 0.717) is 25.0 Å². The minimum absolute atomic E-state index is 0.124. The van der Waals surface area contributed by atoms with Crippen molar-refractivity contribution < 1.29 is 13.5 Å². The van der Waals surface area contributed by atoms with Gasteiger partial charge in [0.05, 0.1) is 23.7 Å². The number of nitrogens with zero attached hydrogens (tertiary/aromatic N) is 1. The van der Waals surface area contributed by atoms with Crippen molar-refractivity contribution in [3.8, 4) is 0 Å². The molecule has 2 rings (SSSR count). The van der Waals surface area contributed by atoms with Crippen LogP contribution in [0.25, 0.3) is 0 Å². The fraction of sp³-hybridized carbons (Fsp3) is 1.00. The van der Waals surface area contributed by atoms with Gasteiger partial charge in [-0.15, -0.1) is 0 Å². The third kappa shape index (κ3) is 3.90. The van der Waals surface area contributed by atoms with Crippen molar-refractivity contribution >= 4 is 9.84 Å². The summed E-state index contributed by atoms with van der Waals surface area (Å²) >= 11 is 0. The molecule has 0 spiro atoms. The lowest BCUT2D eigenvalue weighted by molar-refractivity contribution is 0.0868. The van der Waals surface area contributed by atoms with E-state index in [1.807, 2.05) is 0 Å². The quantitative estimate of drug-likeness (QED) is 0.712. The van der Waals surface area contributed by atoms with Crippen molar-refractivity contribution in [3.63, 3.8) is 0 Å². The third-order valence-corrected chi connectivity index (χ3v) is 5.77. The van der Waals surface area contributed by atoms with Crippen LogP contribution in [0, 0.1) is 5.92 Å². The first kappa shape index (κ1) is 15.2. The lowest BCUT2D eigenvalue weighted by atomic mass is 9.92. The molecule has 112 valence electrons. The zero-order chi connectivity index (χ0) is 14.1. The SMILES string of the molecule is CC(C)NC(CO)(CN1CCS(=O)(=O)CC1)C1CC1. The fourth-order valence-electron chi connectivity index (χ4n) is 3.04. The number of aliphatic hydroxyl groups is 1. The van der Waals surface area contributed by atoms with Crippen LogP contribution in [0.5, 0.6) is 0 Å². The van der Waals surface area contributed by atoms with Crippen LogP contribution in [0.1, 0.15) is 26.7 Å². The minimum Gasteiger partial charge on any atom is -0.394 e. The highest BCUT2D eigenvalue weighted by atomic mass is 32.2. The Morgan fingerprint density at radius 3 is 2.32 bits per heavy atom. The Balaban J connectivity index is 2.00. The number of hydrogen-bond acceptors (Lipinski definition) is 5. The Bertz CT molecular complexity index is 392. The molecular formula is C13H26N2O3S. The summed E-state index contributed by atoms with van der Waals surface area (Å²) in [7, 11) is -2.83. The van der Waals surface area contributed by atoms with Crippen LogP contribution in [-0.4, -0.2) is 67.8 Å². The molecule has 19 heavy (non-hydrogen) atoms. The van der Waals surface area contributed by atoms with Gasteiger partial charge in [0.1, 0.15) is 0 Å². The molecule has 2 fully saturated rings. The van der Waals surface area contributed by atoms with Crippen LogP contribution >= 0.6 is 0 Å². The highest BCUT2D eigenvalue weighted by Gasteiger charge is 2.46. The molecule has 6 heteroatoms. The maximum absolute atomic E-state index is 11.5. The summed E-state index contributed by atoms with van der Waals surface area (Å²) in [5.74, 6) is 1.03. The van der Waals surface area contributed by atoms with Gasteiger partial charge in [0, 0.05) is 25.7 Å². The summed E-state index contributed by atoms with van der Waals surface area (Å²) in [5.41, 5.74) is -0.255. The van der Waals surface area contributed by atoms with Crippen molar-refractivity contribution in [3.05, 3.63) is 0 Å². The Labute approximate surface area is 116 Å². The van der Waals surface area contributed by atoms with Crippen LogP contribution in [0.2, 0.25) is 0 Å². The highest BCUT2D eigenvalue weighted by molar-refractivity contribution is 7.91.